The van der Waals surface area contributed by atoms with Gasteiger partial charge in [0.15, 0.2) is 0 Å². The van der Waals surface area contributed by atoms with Gasteiger partial charge >= 0.3 is 0 Å². The van der Waals surface area contributed by atoms with E-state index in [1.54, 1.807) is 12.1 Å². The van der Waals surface area contributed by atoms with Crippen LogP contribution in [0.3, 0.4) is 0 Å². The van der Waals surface area contributed by atoms with Crippen LogP contribution in [0.25, 0.3) is 10.9 Å². The van der Waals surface area contributed by atoms with Crippen molar-refractivity contribution in [1.82, 2.24) is 4.98 Å². The summed E-state index contributed by atoms with van der Waals surface area (Å²) in [6, 6.07) is 15.6. The van der Waals surface area contributed by atoms with Gasteiger partial charge in [-0.3, -0.25) is 0 Å². The molecular formula is C19H19FN2. The van der Waals surface area contributed by atoms with Gasteiger partial charge in [0.05, 0.1) is 0 Å². The Labute approximate surface area is 129 Å². The van der Waals surface area contributed by atoms with Crippen LogP contribution in [0.4, 0.5) is 10.1 Å². The van der Waals surface area contributed by atoms with Crippen LogP contribution in [-0.2, 0) is 0 Å². The van der Waals surface area contributed by atoms with E-state index < -0.39 is 0 Å². The van der Waals surface area contributed by atoms with Crippen LogP contribution in [0.5, 0.6) is 0 Å². The SMILES string of the molecule is Fc1ccc2c(C3CCN(c4ccccc4)CC3)c[nH]c2c1. The lowest BCUT2D eigenvalue weighted by molar-refractivity contribution is 0.508. The number of piperidine rings is 1. The molecular weight excluding hydrogens is 275 g/mol. The summed E-state index contributed by atoms with van der Waals surface area (Å²) in [5.74, 6) is 0.374. The van der Waals surface area contributed by atoms with Crippen LogP contribution < -0.4 is 4.90 Å². The molecule has 0 saturated carbocycles. The molecule has 0 aliphatic carbocycles. The quantitative estimate of drug-likeness (QED) is 0.726. The molecule has 0 radical (unpaired) electrons. The van der Waals surface area contributed by atoms with Gasteiger partial charge in [-0.2, -0.15) is 0 Å². The molecule has 0 bridgehead atoms. The summed E-state index contributed by atoms with van der Waals surface area (Å²) in [5, 5.41) is 1.17. The Morgan fingerprint density at radius 2 is 1.77 bits per heavy atom. The van der Waals surface area contributed by atoms with Crippen LogP contribution in [0.1, 0.15) is 24.3 Å². The lowest BCUT2D eigenvalue weighted by Crippen LogP contribution is -2.32. The molecule has 0 unspecified atom stereocenters. The standard InChI is InChI=1S/C19H19FN2/c20-15-6-7-17-18(13-21-19(17)12-15)14-8-10-22(11-9-14)16-4-2-1-3-5-16/h1-7,12-14,21H,8-11H2. The number of rotatable bonds is 2. The minimum Gasteiger partial charge on any atom is -0.371 e. The van der Waals surface area contributed by atoms with Gasteiger partial charge in [0, 0.05) is 35.9 Å². The molecule has 3 heteroatoms. The molecule has 1 aromatic heterocycles. The topological polar surface area (TPSA) is 19.0 Å². The third-order valence-electron chi connectivity index (χ3n) is 4.73. The lowest BCUT2D eigenvalue weighted by atomic mass is 9.89. The number of nitrogens with one attached hydrogen (secondary N) is 1. The van der Waals surface area contributed by atoms with Crippen molar-refractivity contribution in [1.29, 1.82) is 0 Å². The maximum Gasteiger partial charge on any atom is 0.125 e. The molecule has 1 aliphatic rings. The summed E-state index contributed by atoms with van der Waals surface area (Å²) in [4.78, 5) is 5.67. The Morgan fingerprint density at radius 1 is 1.00 bits per heavy atom. The number of hydrogen-bond acceptors (Lipinski definition) is 1. The molecule has 0 amide bonds. The van der Waals surface area contributed by atoms with Crippen LogP contribution in [0.2, 0.25) is 0 Å². The van der Waals surface area contributed by atoms with Crippen molar-refractivity contribution in [3.05, 3.63) is 66.1 Å². The van der Waals surface area contributed by atoms with Crippen molar-refractivity contribution in [2.24, 2.45) is 0 Å². The second-order valence-corrected chi connectivity index (χ2v) is 6.03. The van der Waals surface area contributed by atoms with E-state index in [1.165, 1.54) is 16.6 Å². The monoisotopic (exact) mass is 294 g/mol. The molecule has 112 valence electrons. The van der Waals surface area contributed by atoms with Crippen molar-refractivity contribution >= 4 is 16.6 Å². The van der Waals surface area contributed by atoms with E-state index in [4.69, 9.17) is 0 Å². The van der Waals surface area contributed by atoms with E-state index in [0.717, 1.165) is 31.4 Å². The number of benzene rings is 2. The zero-order valence-electron chi connectivity index (χ0n) is 12.4. The summed E-state index contributed by atoms with van der Waals surface area (Å²) >= 11 is 0. The van der Waals surface area contributed by atoms with E-state index in [-0.39, 0.29) is 5.82 Å². The molecule has 2 aromatic carbocycles. The van der Waals surface area contributed by atoms with Gasteiger partial charge in [0.25, 0.3) is 0 Å². The molecule has 2 nitrogen and oxygen atoms in total. The van der Waals surface area contributed by atoms with Gasteiger partial charge in [-0.05, 0) is 54.7 Å². The first-order chi connectivity index (χ1) is 10.8. The number of H-pyrrole nitrogens is 1. The second kappa shape index (κ2) is 5.48. The van der Waals surface area contributed by atoms with Gasteiger partial charge in [-0.25, -0.2) is 4.39 Å². The summed E-state index contributed by atoms with van der Waals surface area (Å²) in [7, 11) is 0. The van der Waals surface area contributed by atoms with Gasteiger partial charge in [0.1, 0.15) is 5.82 Å². The summed E-state index contributed by atoms with van der Waals surface area (Å²) in [5.41, 5.74) is 3.55. The maximum absolute atomic E-state index is 13.3. The molecule has 1 aliphatic heterocycles. The first-order valence-electron chi connectivity index (χ1n) is 7.88. The van der Waals surface area contributed by atoms with Crippen molar-refractivity contribution < 1.29 is 4.39 Å². The normalized spacial score (nSPS) is 16.3. The van der Waals surface area contributed by atoms with Gasteiger partial charge in [0.2, 0.25) is 0 Å². The molecule has 1 saturated heterocycles. The summed E-state index contributed by atoms with van der Waals surface area (Å²) in [6.45, 7) is 2.14. The second-order valence-electron chi connectivity index (χ2n) is 6.03. The van der Waals surface area contributed by atoms with Crippen LogP contribution in [-0.4, -0.2) is 18.1 Å². The first kappa shape index (κ1) is 13.4. The van der Waals surface area contributed by atoms with Crippen molar-refractivity contribution in [3.63, 3.8) is 0 Å². The van der Waals surface area contributed by atoms with Gasteiger partial charge < -0.3 is 9.88 Å². The van der Waals surface area contributed by atoms with Crippen LogP contribution in [0.15, 0.2) is 54.7 Å². The number of hydrogen-bond donors (Lipinski definition) is 1. The van der Waals surface area contributed by atoms with Crippen LogP contribution >= 0.6 is 0 Å². The van der Waals surface area contributed by atoms with Crippen LogP contribution in [0, 0.1) is 5.82 Å². The largest absolute Gasteiger partial charge is 0.371 e. The fourth-order valence-electron chi connectivity index (χ4n) is 3.55. The van der Waals surface area contributed by atoms with E-state index >= 15 is 0 Å². The fourth-order valence-corrected chi connectivity index (χ4v) is 3.55. The highest BCUT2D eigenvalue weighted by Gasteiger charge is 2.22. The number of halogens is 1. The molecule has 1 fully saturated rings. The lowest BCUT2D eigenvalue weighted by Gasteiger charge is -2.33. The van der Waals surface area contributed by atoms with E-state index in [1.807, 2.05) is 6.07 Å². The minimum absolute atomic E-state index is 0.181. The predicted molar refractivity (Wildman–Crippen MR) is 88.9 cm³/mol. The Balaban J connectivity index is 1.53. The third kappa shape index (κ3) is 2.37. The highest BCUT2D eigenvalue weighted by Crippen LogP contribution is 2.34. The van der Waals surface area contributed by atoms with E-state index in [2.05, 4.69) is 46.4 Å². The Morgan fingerprint density at radius 3 is 2.55 bits per heavy atom. The van der Waals surface area contributed by atoms with Gasteiger partial charge in [-0.1, -0.05) is 18.2 Å². The number of fused-ring (bicyclic) bond motifs is 1. The average Bonchev–Trinajstić information content (AvgIpc) is 2.99. The minimum atomic E-state index is -0.181. The third-order valence-corrected chi connectivity index (χ3v) is 4.73. The Hall–Kier alpha value is -2.29. The summed E-state index contributed by atoms with van der Waals surface area (Å²) in [6.07, 6.45) is 4.34. The Bertz CT molecular complexity index is 770. The molecule has 22 heavy (non-hydrogen) atoms. The molecule has 1 N–H and O–H groups in total. The van der Waals surface area contributed by atoms with Gasteiger partial charge in [-0.15, -0.1) is 0 Å². The number of aromatic nitrogens is 1. The maximum atomic E-state index is 13.3. The fraction of sp³-hybridized carbons (Fsp3) is 0.263. The average molecular weight is 294 g/mol. The molecule has 0 spiro atoms. The van der Waals surface area contributed by atoms with Crippen molar-refractivity contribution in [2.45, 2.75) is 18.8 Å². The van der Waals surface area contributed by atoms with Crippen molar-refractivity contribution in [3.8, 4) is 0 Å². The molecule has 2 heterocycles. The highest BCUT2D eigenvalue weighted by atomic mass is 19.1. The zero-order valence-corrected chi connectivity index (χ0v) is 12.4. The highest BCUT2D eigenvalue weighted by molar-refractivity contribution is 5.83. The predicted octanol–water partition coefficient (Wildman–Crippen LogP) is 4.69. The van der Waals surface area contributed by atoms with E-state index in [9.17, 15) is 4.39 Å². The number of aromatic amines is 1. The zero-order chi connectivity index (χ0) is 14.9. The number of nitrogens with zero attached hydrogens (tertiary/aromatic N) is 1. The molecule has 3 aromatic rings. The summed E-state index contributed by atoms with van der Waals surface area (Å²) < 4.78 is 13.3. The Kier molecular flexibility index (Phi) is 3.34. The molecule has 0 atom stereocenters. The molecule has 4 rings (SSSR count). The smallest absolute Gasteiger partial charge is 0.125 e. The number of para-hydroxylation sites is 1. The number of anilines is 1. The van der Waals surface area contributed by atoms with Crippen molar-refractivity contribution in [2.75, 3.05) is 18.0 Å². The first-order valence-corrected chi connectivity index (χ1v) is 7.88. The van der Waals surface area contributed by atoms with E-state index in [0.29, 0.717) is 5.92 Å².